The Morgan fingerprint density at radius 1 is 1.09 bits per heavy atom. The van der Waals surface area contributed by atoms with Crippen LogP contribution in [0.4, 0.5) is 0 Å². The number of aryl methyl sites for hydroxylation is 2. The molecule has 2 aromatic heterocycles. The molecule has 1 unspecified atom stereocenters. The van der Waals surface area contributed by atoms with E-state index in [0.29, 0.717) is 13.1 Å². The molecule has 1 aromatic carbocycles. The summed E-state index contributed by atoms with van der Waals surface area (Å²) in [5.41, 5.74) is 4.99. The van der Waals surface area contributed by atoms with Crippen molar-refractivity contribution in [1.82, 2.24) is 14.8 Å². The lowest BCUT2D eigenvalue weighted by molar-refractivity contribution is -0.905. The largest absolute Gasteiger partial charge is 0.339 e. The molecule has 176 valence electrons. The molecule has 1 saturated heterocycles. The Kier molecular flexibility index (Phi) is 6.04. The smallest absolute Gasteiger partial charge is 0.232 e. The molecule has 0 bridgehead atoms. The van der Waals surface area contributed by atoms with Crippen LogP contribution in [0.3, 0.4) is 0 Å². The highest BCUT2D eigenvalue weighted by atomic mass is 35.5. The van der Waals surface area contributed by atoms with Crippen LogP contribution in [0.1, 0.15) is 47.8 Å². The monoisotopic (exact) mass is 477 g/mol. The predicted octanol–water partition coefficient (Wildman–Crippen LogP) is 3.57. The number of halogens is 1. The van der Waals surface area contributed by atoms with Crippen molar-refractivity contribution in [2.75, 3.05) is 26.2 Å². The lowest BCUT2D eigenvalue weighted by Crippen LogP contribution is -2.54. The van der Waals surface area contributed by atoms with E-state index in [1.54, 1.807) is 18.5 Å². The van der Waals surface area contributed by atoms with Gasteiger partial charge in [-0.05, 0) is 67.6 Å². The third-order valence-electron chi connectivity index (χ3n) is 7.26. The van der Waals surface area contributed by atoms with Gasteiger partial charge in [0.25, 0.3) is 0 Å². The summed E-state index contributed by atoms with van der Waals surface area (Å²) in [6.45, 7) is 6.66. The summed E-state index contributed by atoms with van der Waals surface area (Å²) in [5.74, 6) is 0.0740. The molecular weight excluding hydrogens is 448 g/mol. The van der Waals surface area contributed by atoms with E-state index in [1.807, 2.05) is 43.1 Å². The molecule has 7 heteroatoms. The molecule has 1 fully saturated rings. The molecule has 1 N–H and O–H groups in total. The lowest BCUT2D eigenvalue weighted by Gasteiger charge is -2.41. The molecule has 3 aromatic rings. The van der Waals surface area contributed by atoms with Crippen LogP contribution in [0, 0.1) is 0 Å². The van der Waals surface area contributed by atoms with Gasteiger partial charge in [-0.25, -0.2) is 0 Å². The Bertz CT molecular complexity index is 1220. The highest BCUT2D eigenvalue weighted by Gasteiger charge is 2.39. The zero-order chi connectivity index (χ0) is 23.9. The van der Waals surface area contributed by atoms with Gasteiger partial charge in [0, 0.05) is 53.8 Å². The second kappa shape index (κ2) is 9.01. The number of piperazine rings is 1. The normalized spacial score (nSPS) is 18.7. The second-order valence-corrected chi connectivity index (χ2v) is 10.2. The molecule has 1 aliphatic carbocycles. The average Bonchev–Trinajstić information content (AvgIpc) is 3.00. The Morgan fingerprint density at radius 2 is 1.85 bits per heavy atom. The Hall–Kier alpha value is -2.96. The lowest BCUT2D eigenvalue weighted by atomic mass is 9.84. The van der Waals surface area contributed by atoms with E-state index < -0.39 is 5.41 Å². The number of carbonyl (C=O) groups is 1. The van der Waals surface area contributed by atoms with E-state index in [1.165, 1.54) is 16.7 Å². The maximum absolute atomic E-state index is 13.5. The van der Waals surface area contributed by atoms with E-state index in [4.69, 9.17) is 16.6 Å². The molecule has 1 aliphatic heterocycles. The highest BCUT2D eigenvalue weighted by molar-refractivity contribution is 6.30. The second-order valence-electron chi connectivity index (χ2n) is 9.72. The van der Waals surface area contributed by atoms with Crippen LogP contribution in [-0.2, 0) is 23.1 Å². The zero-order valence-electron chi connectivity index (χ0n) is 19.6. The van der Waals surface area contributed by atoms with Gasteiger partial charge in [-0.2, -0.15) is 0 Å². The molecule has 2 aliphatic rings. The van der Waals surface area contributed by atoms with E-state index >= 15 is 0 Å². The van der Waals surface area contributed by atoms with E-state index in [9.17, 15) is 10.0 Å². The average molecular weight is 478 g/mol. The quantitative estimate of drug-likeness (QED) is 0.463. The van der Waals surface area contributed by atoms with Crippen molar-refractivity contribution < 1.29 is 14.7 Å². The molecular formula is C27H30ClN4O2+. The van der Waals surface area contributed by atoms with Crippen molar-refractivity contribution in [3.8, 4) is 0 Å². The number of pyridine rings is 2. The molecule has 0 spiro atoms. The fraction of sp³-hybridized carbons (Fsp3) is 0.370. The first-order chi connectivity index (χ1) is 16.3. The van der Waals surface area contributed by atoms with Crippen LogP contribution in [0.2, 0.25) is 5.02 Å². The number of hydrogen-bond acceptors (Lipinski definition) is 4. The fourth-order valence-electron chi connectivity index (χ4n) is 5.29. The number of fused-ring (bicyclic) bond motifs is 2. The molecule has 1 atom stereocenters. The molecule has 3 heterocycles. The maximum atomic E-state index is 13.5. The summed E-state index contributed by atoms with van der Waals surface area (Å²) in [6.07, 6.45) is 6.92. The molecule has 0 saturated carbocycles. The van der Waals surface area contributed by atoms with Gasteiger partial charge in [0.15, 0.2) is 0 Å². The first-order valence-electron chi connectivity index (χ1n) is 11.8. The number of nitrogens with zero attached hydrogens (tertiary/aromatic N) is 4. The SMILES string of the molecule is CC(C)(C(=O)N1CCN(C2c3ccc(Cl)cc3CCc3cccnc32)CC1)c1ccc[n+](O)c1. The van der Waals surface area contributed by atoms with Crippen molar-refractivity contribution in [1.29, 1.82) is 0 Å². The van der Waals surface area contributed by atoms with E-state index in [0.717, 1.165) is 46.9 Å². The summed E-state index contributed by atoms with van der Waals surface area (Å²) in [7, 11) is 0. The summed E-state index contributed by atoms with van der Waals surface area (Å²) in [6, 6.07) is 14.1. The van der Waals surface area contributed by atoms with Gasteiger partial charge in [0.2, 0.25) is 18.3 Å². The number of carbonyl (C=O) groups excluding carboxylic acids is 1. The molecule has 0 radical (unpaired) electrons. The standard InChI is InChI=1S/C27H30ClN4O2/c1-27(2,21-6-4-12-32(34)18-21)26(33)31-15-13-30(14-16-31)25-23-10-9-22(28)17-20(23)8-7-19-5-3-11-29-24(19)25/h3-6,9-12,17-18,25,34H,7-8,13-16H2,1-2H3/q+1. The van der Waals surface area contributed by atoms with Crippen LogP contribution in [0.5, 0.6) is 0 Å². The van der Waals surface area contributed by atoms with Crippen LogP contribution in [0.15, 0.2) is 61.1 Å². The van der Waals surface area contributed by atoms with Crippen molar-refractivity contribution in [3.63, 3.8) is 0 Å². The number of rotatable bonds is 3. The van der Waals surface area contributed by atoms with Gasteiger partial charge in [-0.1, -0.05) is 23.7 Å². The van der Waals surface area contributed by atoms with Gasteiger partial charge < -0.3 is 4.90 Å². The van der Waals surface area contributed by atoms with Crippen LogP contribution >= 0.6 is 11.6 Å². The topological polar surface area (TPSA) is 60.6 Å². The van der Waals surface area contributed by atoms with Gasteiger partial charge in [0.1, 0.15) is 0 Å². The van der Waals surface area contributed by atoms with Crippen molar-refractivity contribution >= 4 is 17.5 Å². The highest BCUT2D eigenvalue weighted by Crippen LogP contribution is 2.37. The third-order valence-corrected chi connectivity index (χ3v) is 7.49. The molecule has 1 amide bonds. The van der Waals surface area contributed by atoms with Gasteiger partial charge >= 0.3 is 0 Å². The predicted molar refractivity (Wildman–Crippen MR) is 130 cm³/mol. The summed E-state index contributed by atoms with van der Waals surface area (Å²) in [4.78, 5) is 22.7. The van der Waals surface area contributed by atoms with Crippen molar-refractivity contribution in [3.05, 3.63) is 94.0 Å². The van der Waals surface area contributed by atoms with Gasteiger partial charge in [0.05, 0.1) is 17.2 Å². The van der Waals surface area contributed by atoms with Crippen LogP contribution in [-0.4, -0.2) is 52.1 Å². The summed E-state index contributed by atoms with van der Waals surface area (Å²) >= 11 is 6.34. The Labute approximate surface area is 205 Å². The minimum Gasteiger partial charge on any atom is -0.339 e. The molecule has 5 rings (SSSR count). The van der Waals surface area contributed by atoms with Crippen molar-refractivity contribution in [2.24, 2.45) is 0 Å². The Balaban J connectivity index is 1.39. The first-order valence-corrected chi connectivity index (χ1v) is 12.2. The Morgan fingerprint density at radius 3 is 2.62 bits per heavy atom. The minimum atomic E-state index is -0.728. The number of hydrogen-bond donors (Lipinski definition) is 1. The van der Waals surface area contributed by atoms with Crippen LogP contribution in [0.25, 0.3) is 0 Å². The molecule has 6 nitrogen and oxygen atoms in total. The molecule has 34 heavy (non-hydrogen) atoms. The van der Waals surface area contributed by atoms with E-state index in [2.05, 4.69) is 23.1 Å². The van der Waals surface area contributed by atoms with Crippen molar-refractivity contribution in [2.45, 2.75) is 38.1 Å². The maximum Gasteiger partial charge on any atom is 0.232 e. The van der Waals surface area contributed by atoms with Gasteiger partial charge in [-0.3, -0.25) is 19.9 Å². The number of benzene rings is 1. The van der Waals surface area contributed by atoms with Gasteiger partial charge in [-0.15, -0.1) is 0 Å². The fourth-order valence-corrected chi connectivity index (χ4v) is 5.48. The van der Waals surface area contributed by atoms with E-state index in [-0.39, 0.29) is 11.9 Å². The third kappa shape index (κ3) is 4.17. The first kappa shape index (κ1) is 22.8. The summed E-state index contributed by atoms with van der Waals surface area (Å²) < 4.78 is 1.00. The van der Waals surface area contributed by atoms with Crippen LogP contribution < -0.4 is 4.73 Å². The summed E-state index contributed by atoms with van der Waals surface area (Å²) in [5, 5.41) is 10.6. The zero-order valence-corrected chi connectivity index (χ0v) is 20.4. The number of amides is 1. The number of aromatic nitrogens is 2. The minimum absolute atomic E-state index is 0.0544.